The maximum atomic E-state index is 11.1. The van der Waals surface area contributed by atoms with E-state index in [0.717, 1.165) is 0 Å². The lowest BCUT2D eigenvalue weighted by molar-refractivity contribution is -0.119. The molecule has 0 aliphatic heterocycles. The van der Waals surface area contributed by atoms with E-state index < -0.39 is 11.9 Å². The first-order valence-electron chi connectivity index (χ1n) is 4.96. The Morgan fingerprint density at radius 1 is 1.44 bits per heavy atom. The number of nitrogens with two attached hydrogens (primary N) is 1. The van der Waals surface area contributed by atoms with E-state index in [1.807, 2.05) is 13.8 Å². The molecule has 0 saturated heterocycles. The van der Waals surface area contributed by atoms with Gasteiger partial charge in [0.15, 0.2) is 5.75 Å². The van der Waals surface area contributed by atoms with Gasteiger partial charge in [-0.25, -0.2) is 9.97 Å². The largest absolute Gasteiger partial charge is 0.494 e. The second-order valence-corrected chi connectivity index (χ2v) is 3.71. The van der Waals surface area contributed by atoms with Gasteiger partial charge in [-0.05, 0) is 5.92 Å². The number of carbonyl (C=O) groups excluding carboxylic acids is 1. The molecule has 6 heteroatoms. The summed E-state index contributed by atoms with van der Waals surface area (Å²) in [5.74, 6) is 0.571. The summed E-state index contributed by atoms with van der Waals surface area (Å²) >= 11 is 0. The van der Waals surface area contributed by atoms with Crippen molar-refractivity contribution in [2.45, 2.75) is 19.9 Å². The lowest BCUT2D eigenvalue weighted by atomic mass is 10.0. The van der Waals surface area contributed by atoms with Gasteiger partial charge < -0.3 is 15.8 Å². The Labute approximate surface area is 94.2 Å². The second-order valence-electron chi connectivity index (χ2n) is 3.71. The molecule has 0 saturated carbocycles. The molecule has 0 spiro atoms. The third-order valence-electron chi connectivity index (χ3n) is 2.12. The first kappa shape index (κ1) is 12.2. The smallest absolute Gasteiger partial charge is 0.240 e. The Hall–Kier alpha value is -1.85. The molecule has 1 aromatic rings. The van der Waals surface area contributed by atoms with E-state index >= 15 is 0 Å². The number of ether oxygens (including phenoxy) is 1. The molecule has 6 nitrogen and oxygen atoms in total. The van der Waals surface area contributed by atoms with Gasteiger partial charge in [0.05, 0.1) is 19.5 Å². The zero-order valence-corrected chi connectivity index (χ0v) is 9.60. The van der Waals surface area contributed by atoms with Crippen molar-refractivity contribution >= 4 is 11.9 Å². The van der Waals surface area contributed by atoms with Crippen molar-refractivity contribution < 1.29 is 9.53 Å². The van der Waals surface area contributed by atoms with E-state index in [9.17, 15) is 4.79 Å². The van der Waals surface area contributed by atoms with E-state index in [-0.39, 0.29) is 5.92 Å². The molecule has 16 heavy (non-hydrogen) atoms. The number of aromatic nitrogens is 2. The third-order valence-corrected chi connectivity index (χ3v) is 2.12. The van der Waals surface area contributed by atoms with E-state index in [1.165, 1.54) is 19.5 Å². The van der Waals surface area contributed by atoms with Crippen LogP contribution in [0.15, 0.2) is 12.4 Å². The maximum absolute atomic E-state index is 11.1. The van der Waals surface area contributed by atoms with E-state index in [4.69, 9.17) is 10.5 Å². The maximum Gasteiger partial charge on any atom is 0.240 e. The summed E-state index contributed by atoms with van der Waals surface area (Å²) in [7, 11) is 1.53. The van der Waals surface area contributed by atoms with Gasteiger partial charge in [0.25, 0.3) is 0 Å². The molecule has 1 amide bonds. The van der Waals surface area contributed by atoms with E-state index in [0.29, 0.717) is 11.7 Å². The monoisotopic (exact) mass is 224 g/mol. The quantitative estimate of drug-likeness (QED) is 0.755. The summed E-state index contributed by atoms with van der Waals surface area (Å²) in [6.45, 7) is 3.79. The Morgan fingerprint density at radius 3 is 2.38 bits per heavy atom. The number of methoxy groups -OCH3 is 1. The molecule has 1 unspecified atom stereocenters. The number of amides is 1. The minimum atomic E-state index is -0.478. The van der Waals surface area contributed by atoms with Crippen LogP contribution in [0.2, 0.25) is 0 Å². The molecular weight excluding hydrogens is 208 g/mol. The molecule has 0 aliphatic carbocycles. The Morgan fingerprint density at radius 2 is 2.00 bits per heavy atom. The number of rotatable bonds is 5. The highest BCUT2D eigenvalue weighted by molar-refractivity contribution is 5.82. The summed E-state index contributed by atoms with van der Waals surface area (Å²) in [5, 5.41) is 2.88. The van der Waals surface area contributed by atoms with Gasteiger partial charge in [-0.1, -0.05) is 13.8 Å². The number of anilines is 1. The van der Waals surface area contributed by atoms with Crippen LogP contribution in [0.1, 0.15) is 13.8 Å². The minimum absolute atomic E-state index is 0.0724. The van der Waals surface area contributed by atoms with Crippen LogP contribution in [0, 0.1) is 5.92 Å². The summed E-state index contributed by atoms with van der Waals surface area (Å²) in [6.07, 6.45) is 3.04. The van der Waals surface area contributed by atoms with Gasteiger partial charge in [0.1, 0.15) is 6.04 Å². The van der Waals surface area contributed by atoms with Gasteiger partial charge in [0, 0.05) is 0 Å². The predicted molar refractivity (Wildman–Crippen MR) is 60.0 cm³/mol. The van der Waals surface area contributed by atoms with Crippen LogP contribution in [-0.2, 0) is 4.79 Å². The Kier molecular flexibility index (Phi) is 4.04. The number of primary amides is 1. The zero-order chi connectivity index (χ0) is 12.1. The van der Waals surface area contributed by atoms with Gasteiger partial charge >= 0.3 is 0 Å². The van der Waals surface area contributed by atoms with Crippen LogP contribution in [0.5, 0.6) is 5.75 Å². The molecule has 0 aliphatic rings. The van der Waals surface area contributed by atoms with Gasteiger partial charge in [-0.3, -0.25) is 4.79 Å². The predicted octanol–water partition coefficient (Wildman–Crippen LogP) is 0.407. The number of carbonyl (C=O) groups is 1. The van der Waals surface area contributed by atoms with Crippen LogP contribution < -0.4 is 15.8 Å². The van der Waals surface area contributed by atoms with Crippen LogP contribution >= 0.6 is 0 Å². The molecular formula is C10H16N4O2. The molecule has 88 valence electrons. The summed E-state index contributed by atoms with van der Waals surface area (Å²) in [4.78, 5) is 19.1. The van der Waals surface area contributed by atoms with Crippen LogP contribution in [0.25, 0.3) is 0 Å². The normalized spacial score (nSPS) is 12.2. The van der Waals surface area contributed by atoms with Crippen molar-refractivity contribution in [1.82, 2.24) is 9.97 Å². The molecule has 1 rings (SSSR count). The molecule has 1 heterocycles. The second kappa shape index (κ2) is 5.29. The van der Waals surface area contributed by atoms with Crippen LogP contribution in [0.4, 0.5) is 5.95 Å². The SMILES string of the molecule is COc1cnc(NC(C(N)=O)C(C)C)nc1. The highest BCUT2D eigenvalue weighted by Gasteiger charge is 2.19. The van der Waals surface area contributed by atoms with E-state index in [2.05, 4.69) is 15.3 Å². The van der Waals surface area contributed by atoms with Crippen molar-refractivity contribution in [1.29, 1.82) is 0 Å². The number of hydrogen-bond acceptors (Lipinski definition) is 5. The zero-order valence-electron chi connectivity index (χ0n) is 9.60. The average Bonchev–Trinajstić information content (AvgIpc) is 2.25. The summed E-state index contributed by atoms with van der Waals surface area (Å²) in [5.41, 5.74) is 5.26. The van der Waals surface area contributed by atoms with Crippen molar-refractivity contribution in [3.8, 4) is 5.75 Å². The minimum Gasteiger partial charge on any atom is -0.494 e. The molecule has 0 radical (unpaired) electrons. The Bertz CT molecular complexity index is 350. The molecule has 1 aromatic heterocycles. The first-order valence-corrected chi connectivity index (χ1v) is 4.96. The molecule has 0 aromatic carbocycles. The van der Waals surface area contributed by atoms with Crippen molar-refractivity contribution in [2.24, 2.45) is 11.7 Å². The Balaban J connectivity index is 2.74. The third kappa shape index (κ3) is 3.08. The first-order chi connectivity index (χ1) is 7.54. The van der Waals surface area contributed by atoms with Gasteiger partial charge in [-0.2, -0.15) is 0 Å². The molecule has 0 bridgehead atoms. The van der Waals surface area contributed by atoms with Gasteiger partial charge in [0.2, 0.25) is 11.9 Å². The lowest BCUT2D eigenvalue weighted by Gasteiger charge is -2.18. The standard InChI is InChI=1S/C10H16N4O2/c1-6(2)8(9(11)15)14-10-12-4-7(16-3)5-13-10/h4-6,8H,1-3H3,(H2,11,15)(H,12,13,14). The van der Waals surface area contributed by atoms with Crippen LogP contribution in [0.3, 0.4) is 0 Å². The topological polar surface area (TPSA) is 90.1 Å². The van der Waals surface area contributed by atoms with Crippen molar-refractivity contribution in [3.05, 3.63) is 12.4 Å². The number of nitrogens with zero attached hydrogens (tertiary/aromatic N) is 2. The summed E-state index contributed by atoms with van der Waals surface area (Å²) in [6, 6.07) is -0.478. The highest BCUT2D eigenvalue weighted by Crippen LogP contribution is 2.11. The molecule has 1 atom stereocenters. The lowest BCUT2D eigenvalue weighted by Crippen LogP contribution is -2.40. The van der Waals surface area contributed by atoms with Gasteiger partial charge in [-0.15, -0.1) is 0 Å². The fourth-order valence-corrected chi connectivity index (χ4v) is 1.20. The number of nitrogens with one attached hydrogen (secondary N) is 1. The summed E-state index contributed by atoms with van der Waals surface area (Å²) < 4.78 is 4.92. The average molecular weight is 224 g/mol. The van der Waals surface area contributed by atoms with Crippen LogP contribution in [-0.4, -0.2) is 29.0 Å². The highest BCUT2D eigenvalue weighted by atomic mass is 16.5. The number of hydrogen-bond donors (Lipinski definition) is 2. The molecule has 0 fully saturated rings. The van der Waals surface area contributed by atoms with Crippen molar-refractivity contribution in [3.63, 3.8) is 0 Å². The van der Waals surface area contributed by atoms with Crippen molar-refractivity contribution in [2.75, 3.05) is 12.4 Å². The fraction of sp³-hybridized carbons (Fsp3) is 0.500. The fourth-order valence-electron chi connectivity index (χ4n) is 1.20. The van der Waals surface area contributed by atoms with E-state index in [1.54, 1.807) is 0 Å². The molecule has 3 N–H and O–H groups in total.